The van der Waals surface area contributed by atoms with Gasteiger partial charge in [-0.1, -0.05) is 313 Å². The molecular formula is C77H143NO13. The van der Waals surface area contributed by atoms with Crippen LogP contribution in [-0.4, -0.2) is 140 Å². The Morgan fingerprint density at radius 3 is 1.08 bits per heavy atom. The molecular weight excluding hydrogens is 1150 g/mol. The molecule has 2 fully saturated rings. The molecule has 12 atom stereocenters. The van der Waals surface area contributed by atoms with E-state index < -0.39 is 86.8 Å². The molecule has 14 nitrogen and oxygen atoms in total. The molecule has 0 bridgehead atoms. The predicted molar refractivity (Wildman–Crippen MR) is 374 cm³/mol. The molecule has 12 unspecified atom stereocenters. The minimum atomic E-state index is -1.79. The van der Waals surface area contributed by atoms with E-state index in [1.54, 1.807) is 6.08 Å². The molecule has 0 radical (unpaired) electrons. The molecule has 0 aromatic rings. The van der Waals surface area contributed by atoms with Gasteiger partial charge in [-0.3, -0.25) is 4.79 Å². The van der Waals surface area contributed by atoms with Gasteiger partial charge in [0, 0.05) is 6.42 Å². The lowest BCUT2D eigenvalue weighted by atomic mass is 9.97. The summed E-state index contributed by atoms with van der Waals surface area (Å²) >= 11 is 0. The molecule has 2 aliphatic heterocycles. The summed E-state index contributed by atoms with van der Waals surface area (Å²) in [7, 11) is 0. The summed E-state index contributed by atoms with van der Waals surface area (Å²) in [5, 5.41) is 87.4. The van der Waals surface area contributed by atoms with E-state index in [1.807, 2.05) is 6.08 Å². The summed E-state index contributed by atoms with van der Waals surface area (Å²) in [4.78, 5) is 13.3. The average Bonchev–Trinajstić information content (AvgIpc) is 1.19. The number of aliphatic hydroxyl groups is 8. The number of ether oxygens (including phenoxy) is 4. The second-order valence-electron chi connectivity index (χ2n) is 27.1. The number of amides is 1. The third kappa shape index (κ3) is 45.2. The molecule has 0 aromatic carbocycles. The fourth-order valence-electron chi connectivity index (χ4n) is 12.6. The maximum atomic E-state index is 13.3. The standard InChI is InChI=1S/C77H143NO13/c1-3-5-7-9-11-13-15-17-19-21-23-24-25-26-27-28-29-30-31-32-33-34-35-36-37-38-39-40-41-42-43-45-47-49-51-53-55-57-59-61-69(82)78-65(66(81)60-58-56-54-52-50-48-46-44-22-20-18-16-14-12-10-8-6-4-2)64-88-76-74(87)72(85)75(68(63-80)90-76)91-77-73(86)71(84)70(83)67(62-79)89-77/h21-23,44,50,52,58,60,65-68,70-77,79-81,83-87H,3-20,24-43,45-49,51,53-57,59,61-64H2,1-2H3,(H,78,82)/b23-21-,44-22+,52-50+,60-58+. The van der Waals surface area contributed by atoms with Gasteiger partial charge in [-0.2, -0.15) is 0 Å². The second kappa shape index (κ2) is 61.5. The highest BCUT2D eigenvalue weighted by atomic mass is 16.7. The molecule has 91 heavy (non-hydrogen) atoms. The summed E-state index contributed by atoms with van der Waals surface area (Å²) in [5.74, 6) is -0.248. The molecule has 1 amide bonds. The number of unbranched alkanes of at least 4 members (excludes halogenated alkanes) is 45. The number of aliphatic hydroxyl groups excluding tert-OH is 8. The lowest BCUT2D eigenvalue weighted by Crippen LogP contribution is -2.65. The summed E-state index contributed by atoms with van der Waals surface area (Å²) in [6.07, 6.45) is 65.0. The number of hydrogen-bond acceptors (Lipinski definition) is 13. The quantitative estimate of drug-likeness (QED) is 0.0204. The van der Waals surface area contributed by atoms with E-state index >= 15 is 0 Å². The van der Waals surface area contributed by atoms with Crippen LogP contribution in [0.2, 0.25) is 0 Å². The first kappa shape index (κ1) is 85.0. The maximum absolute atomic E-state index is 13.3. The Kier molecular flexibility index (Phi) is 57.5. The van der Waals surface area contributed by atoms with E-state index in [-0.39, 0.29) is 18.9 Å². The first-order valence-corrected chi connectivity index (χ1v) is 38.4. The fraction of sp³-hybridized carbons (Fsp3) is 0.883. The van der Waals surface area contributed by atoms with Crippen molar-refractivity contribution in [2.75, 3.05) is 19.8 Å². The zero-order chi connectivity index (χ0) is 65.9. The van der Waals surface area contributed by atoms with E-state index in [9.17, 15) is 45.6 Å². The Morgan fingerprint density at radius 2 is 0.703 bits per heavy atom. The Balaban J connectivity index is 1.57. The van der Waals surface area contributed by atoms with Crippen LogP contribution in [-0.2, 0) is 23.7 Å². The summed E-state index contributed by atoms with van der Waals surface area (Å²) < 4.78 is 22.8. The van der Waals surface area contributed by atoms with E-state index in [4.69, 9.17) is 18.9 Å². The van der Waals surface area contributed by atoms with E-state index in [0.717, 1.165) is 44.9 Å². The lowest BCUT2D eigenvalue weighted by molar-refractivity contribution is -0.359. The van der Waals surface area contributed by atoms with Crippen molar-refractivity contribution in [3.05, 3.63) is 48.6 Å². The topological polar surface area (TPSA) is 228 Å². The van der Waals surface area contributed by atoms with Crippen molar-refractivity contribution in [2.24, 2.45) is 0 Å². The normalized spacial score (nSPS) is 23.0. The van der Waals surface area contributed by atoms with Crippen LogP contribution < -0.4 is 5.32 Å². The molecule has 2 heterocycles. The number of allylic oxidation sites excluding steroid dienone is 7. The second-order valence-corrected chi connectivity index (χ2v) is 27.1. The van der Waals surface area contributed by atoms with Gasteiger partial charge in [0.25, 0.3) is 0 Å². The van der Waals surface area contributed by atoms with Crippen molar-refractivity contribution in [3.63, 3.8) is 0 Å². The van der Waals surface area contributed by atoms with Crippen LogP contribution in [0.5, 0.6) is 0 Å². The number of carbonyl (C=O) groups excluding carboxylic acids is 1. The van der Waals surface area contributed by atoms with Crippen molar-refractivity contribution in [3.8, 4) is 0 Å². The van der Waals surface area contributed by atoms with Crippen LogP contribution in [0.3, 0.4) is 0 Å². The Bertz CT molecular complexity index is 1710. The number of rotatable bonds is 64. The van der Waals surface area contributed by atoms with Gasteiger partial charge in [-0.15, -0.1) is 0 Å². The van der Waals surface area contributed by atoms with Crippen molar-refractivity contribution in [1.82, 2.24) is 5.32 Å². The van der Waals surface area contributed by atoms with Gasteiger partial charge in [0.05, 0.1) is 32.0 Å². The van der Waals surface area contributed by atoms with Crippen molar-refractivity contribution in [1.29, 1.82) is 0 Å². The van der Waals surface area contributed by atoms with Gasteiger partial charge < -0.3 is 65.1 Å². The summed E-state index contributed by atoms with van der Waals surface area (Å²) in [5.41, 5.74) is 0. The zero-order valence-corrected chi connectivity index (χ0v) is 58.3. The average molecular weight is 1290 g/mol. The molecule has 2 rings (SSSR count). The highest BCUT2D eigenvalue weighted by Crippen LogP contribution is 2.30. The molecule has 0 aromatic heterocycles. The molecule has 2 aliphatic rings. The first-order chi connectivity index (χ1) is 44.6. The molecule has 0 aliphatic carbocycles. The number of nitrogens with one attached hydrogen (secondary N) is 1. The van der Waals surface area contributed by atoms with Crippen molar-refractivity contribution < 1.29 is 64.6 Å². The molecule has 0 saturated carbocycles. The van der Waals surface area contributed by atoms with E-state index in [1.165, 1.54) is 263 Å². The van der Waals surface area contributed by atoms with Crippen LogP contribution in [0, 0.1) is 0 Å². The van der Waals surface area contributed by atoms with Gasteiger partial charge in [-0.25, -0.2) is 0 Å². The van der Waals surface area contributed by atoms with Crippen LogP contribution in [0.25, 0.3) is 0 Å². The maximum Gasteiger partial charge on any atom is 0.220 e. The van der Waals surface area contributed by atoms with Gasteiger partial charge >= 0.3 is 0 Å². The van der Waals surface area contributed by atoms with Crippen LogP contribution >= 0.6 is 0 Å². The molecule has 2 saturated heterocycles. The zero-order valence-electron chi connectivity index (χ0n) is 58.3. The van der Waals surface area contributed by atoms with Gasteiger partial charge in [0.15, 0.2) is 12.6 Å². The molecule has 0 spiro atoms. The van der Waals surface area contributed by atoms with Crippen molar-refractivity contribution in [2.45, 2.75) is 415 Å². The van der Waals surface area contributed by atoms with Crippen LogP contribution in [0.15, 0.2) is 48.6 Å². The summed E-state index contributed by atoms with van der Waals surface area (Å²) in [6, 6.07) is -0.938. The third-order valence-corrected chi connectivity index (χ3v) is 18.7. The molecule has 9 N–H and O–H groups in total. The van der Waals surface area contributed by atoms with E-state index in [2.05, 4.69) is 55.6 Å². The van der Waals surface area contributed by atoms with Gasteiger partial charge in [-0.05, 0) is 70.6 Å². The van der Waals surface area contributed by atoms with Crippen molar-refractivity contribution >= 4 is 5.91 Å². The van der Waals surface area contributed by atoms with Gasteiger partial charge in [0.2, 0.25) is 5.91 Å². The Morgan fingerprint density at radius 1 is 0.385 bits per heavy atom. The first-order valence-electron chi connectivity index (χ1n) is 38.4. The predicted octanol–water partition coefficient (Wildman–Crippen LogP) is 16.6. The number of hydrogen-bond donors (Lipinski definition) is 9. The fourth-order valence-corrected chi connectivity index (χ4v) is 12.6. The lowest BCUT2D eigenvalue weighted by Gasteiger charge is -2.46. The smallest absolute Gasteiger partial charge is 0.220 e. The Hall–Kier alpha value is -2.05. The van der Waals surface area contributed by atoms with E-state index in [0.29, 0.717) is 12.8 Å². The molecule has 14 heteroatoms. The van der Waals surface area contributed by atoms with Crippen LogP contribution in [0.4, 0.5) is 0 Å². The van der Waals surface area contributed by atoms with Gasteiger partial charge in [0.1, 0.15) is 48.8 Å². The largest absolute Gasteiger partial charge is 0.394 e. The monoisotopic (exact) mass is 1290 g/mol. The highest BCUT2D eigenvalue weighted by molar-refractivity contribution is 5.76. The molecule has 534 valence electrons. The highest BCUT2D eigenvalue weighted by Gasteiger charge is 2.51. The van der Waals surface area contributed by atoms with Crippen LogP contribution in [0.1, 0.15) is 341 Å². The third-order valence-electron chi connectivity index (χ3n) is 18.7. The SMILES string of the molecule is CCCCCCCCCC/C=C\CCCCCCCCCCCCCCCCCCCCCCCCCCCCCC(=O)NC(COC1OC(CO)C(OC2OC(CO)C(O)C(O)C2O)C(O)C1O)C(O)/C=C/CC/C=C/CC/C=C/CCCCCCCCCC. The minimum absolute atomic E-state index is 0.248. The minimum Gasteiger partial charge on any atom is -0.394 e. The number of carbonyl (C=O) groups is 1. The summed E-state index contributed by atoms with van der Waals surface area (Å²) in [6.45, 7) is 2.81. The Labute approximate surface area is 556 Å².